The fourth-order valence-corrected chi connectivity index (χ4v) is 3.15. The molecule has 1 aliphatic carbocycles. The number of hydrogen-bond donors (Lipinski definition) is 1. The summed E-state index contributed by atoms with van der Waals surface area (Å²) in [6.45, 7) is 5.98. The van der Waals surface area contributed by atoms with Gasteiger partial charge in [-0.3, -0.25) is 0 Å². The molecule has 1 aromatic carbocycles. The summed E-state index contributed by atoms with van der Waals surface area (Å²) in [5.74, 6) is 0. The first kappa shape index (κ1) is 13.1. The summed E-state index contributed by atoms with van der Waals surface area (Å²) in [6, 6.07) is 10.4. The van der Waals surface area contributed by atoms with E-state index >= 15 is 0 Å². The van der Waals surface area contributed by atoms with Crippen LogP contribution in [0.2, 0.25) is 0 Å². The molecule has 1 N–H and O–H groups in total. The highest BCUT2D eigenvalue weighted by Crippen LogP contribution is 2.22. The van der Waals surface area contributed by atoms with Gasteiger partial charge in [-0.2, -0.15) is 0 Å². The van der Waals surface area contributed by atoms with Gasteiger partial charge in [0.25, 0.3) is 0 Å². The number of benzene rings is 1. The summed E-state index contributed by atoms with van der Waals surface area (Å²) in [5, 5.41) is 3.79. The van der Waals surface area contributed by atoms with Crippen LogP contribution in [0.5, 0.6) is 0 Å². The van der Waals surface area contributed by atoms with Gasteiger partial charge >= 0.3 is 0 Å². The molecule has 1 aliphatic heterocycles. The predicted molar refractivity (Wildman–Crippen MR) is 80.5 cm³/mol. The van der Waals surface area contributed by atoms with Crippen molar-refractivity contribution in [3.05, 3.63) is 35.4 Å². The Morgan fingerprint density at radius 1 is 1.16 bits per heavy atom. The average Bonchev–Trinajstić information content (AvgIpc) is 3.22. The standard InChI is InChI=1S/C17H26N2/c1-14-5-2-3-6-15(14)10-12-19-11-4-7-17(13-19)18-16-8-9-16/h2-3,5-6,16-18H,4,7-13H2,1H3. The van der Waals surface area contributed by atoms with Crippen molar-refractivity contribution in [3.8, 4) is 0 Å². The van der Waals surface area contributed by atoms with E-state index in [1.807, 2.05) is 0 Å². The maximum absolute atomic E-state index is 3.79. The third kappa shape index (κ3) is 3.80. The monoisotopic (exact) mass is 258 g/mol. The third-order valence-electron chi connectivity index (χ3n) is 4.51. The molecule has 1 unspecified atom stereocenters. The van der Waals surface area contributed by atoms with Crippen LogP contribution >= 0.6 is 0 Å². The van der Waals surface area contributed by atoms with E-state index in [-0.39, 0.29) is 0 Å². The number of nitrogens with zero attached hydrogens (tertiary/aromatic N) is 1. The van der Waals surface area contributed by atoms with Crippen LogP contribution in [-0.4, -0.2) is 36.6 Å². The summed E-state index contributed by atoms with van der Waals surface area (Å²) in [4.78, 5) is 2.65. The molecule has 1 heterocycles. The van der Waals surface area contributed by atoms with E-state index in [0.717, 1.165) is 12.1 Å². The SMILES string of the molecule is Cc1ccccc1CCN1CCCC(NC2CC2)C1. The Morgan fingerprint density at radius 3 is 2.79 bits per heavy atom. The van der Waals surface area contributed by atoms with Crippen molar-refractivity contribution >= 4 is 0 Å². The molecule has 2 heteroatoms. The molecule has 3 rings (SSSR count). The summed E-state index contributed by atoms with van der Waals surface area (Å²) in [6.07, 6.45) is 6.73. The Balaban J connectivity index is 1.47. The zero-order chi connectivity index (χ0) is 13.1. The van der Waals surface area contributed by atoms with E-state index in [1.54, 1.807) is 0 Å². The molecule has 2 aliphatic rings. The van der Waals surface area contributed by atoms with Crippen LogP contribution < -0.4 is 5.32 Å². The maximum Gasteiger partial charge on any atom is 0.0198 e. The van der Waals surface area contributed by atoms with Crippen LogP contribution in [0.4, 0.5) is 0 Å². The van der Waals surface area contributed by atoms with Gasteiger partial charge in [-0.05, 0) is 56.7 Å². The fourth-order valence-electron chi connectivity index (χ4n) is 3.15. The van der Waals surface area contributed by atoms with E-state index in [2.05, 4.69) is 41.4 Å². The molecular weight excluding hydrogens is 232 g/mol. The molecule has 1 saturated heterocycles. The third-order valence-corrected chi connectivity index (χ3v) is 4.51. The first-order valence-electron chi connectivity index (χ1n) is 7.84. The molecule has 19 heavy (non-hydrogen) atoms. The lowest BCUT2D eigenvalue weighted by Crippen LogP contribution is -2.46. The quantitative estimate of drug-likeness (QED) is 0.873. The molecule has 1 aromatic rings. The minimum absolute atomic E-state index is 0.748. The summed E-state index contributed by atoms with van der Waals surface area (Å²) in [7, 11) is 0. The lowest BCUT2D eigenvalue weighted by molar-refractivity contribution is 0.191. The van der Waals surface area contributed by atoms with Gasteiger partial charge in [0.15, 0.2) is 0 Å². The molecule has 0 amide bonds. The zero-order valence-corrected chi connectivity index (χ0v) is 12.1. The molecule has 1 saturated carbocycles. The number of likely N-dealkylation sites (tertiary alicyclic amines) is 1. The minimum atomic E-state index is 0.748. The molecule has 0 aromatic heterocycles. The highest BCUT2D eigenvalue weighted by molar-refractivity contribution is 5.25. The van der Waals surface area contributed by atoms with Crippen molar-refractivity contribution in [2.24, 2.45) is 0 Å². The molecule has 2 fully saturated rings. The van der Waals surface area contributed by atoms with Gasteiger partial charge in [0.2, 0.25) is 0 Å². The van der Waals surface area contributed by atoms with E-state index in [0.29, 0.717) is 0 Å². The van der Waals surface area contributed by atoms with Crippen LogP contribution in [0.3, 0.4) is 0 Å². The Labute approximate surface area is 117 Å². The maximum atomic E-state index is 3.79. The fraction of sp³-hybridized carbons (Fsp3) is 0.647. The Kier molecular flexibility index (Phi) is 4.19. The highest BCUT2D eigenvalue weighted by Gasteiger charge is 2.27. The van der Waals surface area contributed by atoms with Crippen molar-refractivity contribution in [2.45, 2.75) is 51.1 Å². The zero-order valence-electron chi connectivity index (χ0n) is 12.1. The molecule has 104 valence electrons. The van der Waals surface area contributed by atoms with Crippen molar-refractivity contribution in [1.82, 2.24) is 10.2 Å². The van der Waals surface area contributed by atoms with Crippen LogP contribution in [0, 0.1) is 6.92 Å². The summed E-state index contributed by atoms with van der Waals surface area (Å²) in [5.41, 5.74) is 2.95. The average molecular weight is 258 g/mol. The van der Waals surface area contributed by atoms with E-state index in [1.165, 1.54) is 62.9 Å². The van der Waals surface area contributed by atoms with Crippen molar-refractivity contribution in [1.29, 1.82) is 0 Å². The number of aryl methyl sites for hydroxylation is 1. The largest absolute Gasteiger partial charge is 0.310 e. The Bertz CT molecular complexity index is 411. The Morgan fingerprint density at radius 2 is 2.00 bits per heavy atom. The van der Waals surface area contributed by atoms with Gasteiger partial charge in [0.1, 0.15) is 0 Å². The summed E-state index contributed by atoms with van der Waals surface area (Å²) < 4.78 is 0. The van der Waals surface area contributed by atoms with Crippen LogP contribution in [0.25, 0.3) is 0 Å². The van der Waals surface area contributed by atoms with Gasteiger partial charge in [-0.15, -0.1) is 0 Å². The second-order valence-corrected chi connectivity index (χ2v) is 6.26. The topological polar surface area (TPSA) is 15.3 Å². The first-order valence-corrected chi connectivity index (χ1v) is 7.84. The lowest BCUT2D eigenvalue weighted by Gasteiger charge is -2.33. The normalized spacial score (nSPS) is 24.6. The van der Waals surface area contributed by atoms with E-state index in [9.17, 15) is 0 Å². The smallest absolute Gasteiger partial charge is 0.0198 e. The van der Waals surface area contributed by atoms with Gasteiger partial charge in [0.05, 0.1) is 0 Å². The molecule has 0 spiro atoms. The summed E-state index contributed by atoms with van der Waals surface area (Å²) >= 11 is 0. The van der Waals surface area contributed by atoms with Gasteiger partial charge < -0.3 is 10.2 Å². The second kappa shape index (κ2) is 6.06. The van der Waals surface area contributed by atoms with Crippen molar-refractivity contribution in [3.63, 3.8) is 0 Å². The van der Waals surface area contributed by atoms with Gasteiger partial charge in [-0.1, -0.05) is 24.3 Å². The van der Waals surface area contributed by atoms with Crippen LogP contribution in [-0.2, 0) is 6.42 Å². The molecule has 2 nitrogen and oxygen atoms in total. The van der Waals surface area contributed by atoms with Gasteiger partial charge in [0, 0.05) is 25.2 Å². The number of rotatable bonds is 5. The van der Waals surface area contributed by atoms with Crippen molar-refractivity contribution in [2.75, 3.05) is 19.6 Å². The van der Waals surface area contributed by atoms with E-state index in [4.69, 9.17) is 0 Å². The van der Waals surface area contributed by atoms with Gasteiger partial charge in [-0.25, -0.2) is 0 Å². The first-order chi connectivity index (χ1) is 9.31. The second-order valence-electron chi connectivity index (χ2n) is 6.26. The molecule has 0 radical (unpaired) electrons. The highest BCUT2D eigenvalue weighted by atomic mass is 15.2. The minimum Gasteiger partial charge on any atom is -0.310 e. The number of hydrogen-bond acceptors (Lipinski definition) is 2. The van der Waals surface area contributed by atoms with Crippen LogP contribution in [0.15, 0.2) is 24.3 Å². The molecular formula is C17H26N2. The molecule has 0 bridgehead atoms. The number of piperidine rings is 1. The lowest BCUT2D eigenvalue weighted by atomic mass is 10.0. The van der Waals surface area contributed by atoms with Crippen molar-refractivity contribution < 1.29 is 0 Å². The number of nitrogens with one attached hydrogen (secondary N) is 1. The van der Waals surface area contributed by atoms with E-state index < -0.39 is 0 Å². The molecule has 1 atom stereocenters. The Hall–Kier alpha value is -0.860. The van der Waals surface area contributed by atoms with Crippen LogP contribution in [0.1, 0.15) is 36.8 Å². The predicted octanol–water partition coefficient (Wildman–Crippen LogP) is 2.75.